The molecule has 2 unspecified atom stereocenters. The van der Waals surface area contributed by atoms with Crippen LogP contribution in [0.3, 0.4) is 0 Å². The fraction of sp³-hybridized carbons (Fsp3) is 0.423. The smallest absolute Gasteiger partial charge is 0.251 e. The van der Waals surface area contributed by atoms with E-state index in [0.29, 0.717) is 29.2 Å². The Labute approximate surface area is 201 Å². The second-order valence-corrected chi connectivity index (χ2v) is 9.04. The molecule has 0 aromatic heterocycles. The number of amides is 2. The number of nitriles is 1. The first-order chi connectivity index (χ1) is 15.9. The van der Waals surface area contributed by atoms with Crippen LogP contribution in [0.4, 0.5) is 0 Å². The van der Waals surface area contributed by atoms with Gasteiger partial charge in [-0.3, -0.25) is 14.5 Å². The number of hydrogen-bond donors (Lipinski definition) is 1. The number of benzene rings is 2. The molecule has 7 heteroatoms. The number of hydrogen-bond acceptors (Lipinski definition) is 4. The van der Waals surface area contributed by atoms with Gasteiger partial charge in [-0.1, -0.05) is 44.0 Å². The van der Waals surface area contributed by atoms with Gasteiger partial charge >= 0.3 is 0 Å². The summed E-state index contributed by atoms with van der Waals surface area (Å²) in [5.41, 5.74) is 2.30. The van der Waals surface area contributed by atoms with E-state index in [1.165, 1.54) is 0 Å². The molecule has 1 saturated heterocycles. The zero-order valence-electron chi connectivity index (χ0n) is 19.3. The molecule has 0 bridgehead atoms. The van der Waals surface area contributed by atoms with Crippen LogP contribution in [0.5, 0.6) is 0 Å². The average molecular weight is 467 g/mol. The zero-order chi connectivity index (χ0) is 23.8. The number of halogens is 1. The summed E-state index contributed by atoms with van der Waals surface area (Å²) in [6, 6.07) is 15.9. The second kappa shape index (κ2) is 11.8. The van der Waals surface area contributed by atoms with Gasteiger partial charge in [0.25, 0.3) is 5.91 Å². The van der Waals surface area contributed by atoms with Crippen molar-refractivity contribution in [3.05, 3.63) is 70.2 Å². The topological polar surface area (TPSA) is 76.4 Å². The van der Waals surface area contributed by atoms with Crippen molar-refractivity contribution in [2.45, 2.75) is 39.3 Å². The summed E-state index contributed by atoms with van der Waals surface area (Å²) < 4.78 is 0. The lowest BCUT2D eigenvalue weighted by atomic mass is 9.97. The minimum absolute atomic E-state index is 0.0201. The molecule has 1 N–H and O–H groups in total. The van der Waals surface area contributed by atoms with Gasteiger partial charge in [-0.15, -0.1) is 0 Å². The maximum Gasteiger partial charge on any atom is 0.251 e. The molecule has 1 heterocycles. The largest absolute Gasteiger partial charge is 0.340 e. The maximum atomic E-state index is 13.4. The molecule has 2 aromatic rings. The van der Waals surface area contributed by atoms with E-state index >= 15 is 0 Å². The highest BCUT2D eigenvalue weighted by Gasteiger charge is 2.31. The molecule has 2 amide bonds. The molecule has 6 nitrogen and oxygen atoms in total. The third-order valence-corrected chi connectivity index (χ3v) is 6.51. The van der Waals surface area contributed by atoms with Crippen molar-refractivity contribution in [1.29, 1.82) is 5.26 Å². The minimum atomic E-state index is -0.566. The van der Waals surface area contributed by atoms with Crippen molar-refractivity contribution >= 4 is 23.4 Å². The van der Waals surface area contributed by atoms with Crippen LogP contribution in [0.15, 0.2) is 48.5 Å². The molecule has 1 fully saturated rings. The Hall–Kier alpha value is -2.88. The van der Waals surface area contributed by atoms with Gasteiger partial charge in [-0.25, -0.2) is 0 Å². The predicted octanol–water partition coefficient (Wildman–Crippen LogP) is 4.09. The number of nitrogens with zero attached hydrogens (tertiary/aromatic N) is 3. The molecule has 2 aromatic carbocycles. The summed E-state index contributed by atoms with van der Waals surface area (Å²) >= 11 is 5.93. The monoisotopic (exact) mass is 466 g/mol. The van der Waals surface area contributed by atoms with Crippen LogP contribution >= 0.6 is 11.6 Å². The van der Waals surface area contributed by atoms with Crippen molar-refractivity contribution in [2.75, 3.05) is 26.2 Å². The van der Waals surface area contributed by atoms with Gasteiger partial charge in [-0.2, -0.15) is 5.26 Å². The van der Waals surface area contributed by atoms with Gasteiger partial charge < -0.3 is 10.2 Å². The lowest BCUT2D eigenvalue weighted by Crippen LogP contribution is -2.52. The summed E-state index contributed by atoms with van der Waals surface area (Å²) in [7, 11) is 0. The lowest BCUT2D eigenvalue weighted by molar-refractivity contribution is -0.134. The SMILES string of the molecule is CCC(C)C(NC(=O)c1ccc(Cl)cc1)C(=O)N1CCCN(Cc2ccc(C#N)cc2)CC1. The quantitative estimate of drug-likeness (QED) is 0.666. The summed E-state index contributed by atoms with van der Waals surface area (Å²) in [4.78, 5) is 30.5. The van der Waals surface area contributed by atoms with E-state index in [-0.39, 0.29) is 17.7 Å². The Morgan fingerprint density at radius 2 is 1.76 bits per heavy atom. The molecule has 174 valence electrons. The van der Waals surface area contributed by atoms with Gasteiger partial charge in [0.1, 0.15) is 6.04 Å². The Kier molecular flexibility index (Phi) is 8.87. The van der Waals surface area contributed by atoms with E-state index in [0.717, 1.165) is 38.0 Å². The van der Waals surface area contributed by atoms with Crippen molar-refractivity contribution < 1.29 is 9.59 Å². The highest BCUT2D eigenvalue weighted by molar-refractivity contribution is 6.30. The van der Waals surface area contributed by atoms with Crippen LogP contribution in [0.2, 0.25) is 5.02 Å². The van der Waals surface area contributed by atoms with Crippen LogP contribution in [-0.2, 0) is 11.3 Å². The first-order valence-corrected chi connectivity index (χ1v) is 11.9. The summed E-state index contributed by atoms with van der Waals surface area (Å²) in [6.07, 6.45) is 1.66. The third kappa shape index (κ3) is 6.80. The second-order valence-electron chi connectivity index (χ2n) is 8.61. The summed E-state index contributed by atoms with van der Waals surface area (Å²) in [6.45, 7) is 7.78. The van der Waals surface area contributed by atoms with E-state index in [4.69, 9.17) is 16.9 Å². The Morgan fingerprint density at radius 3 is 2.39 bits per heavy atom. The highest BCUT2D eigenvalue weighted by Crippen LogP contribution is 2.16. The van der Waals surface area contributed by atoms with Crippen LogP contribution in [-0.4, -0.2) is 53.8 Å². The molecule has 1 aliphatic heterocycles. The molecule has 2 atom stereocenters. The van der Waals surface area contributed by atoms with E-state index in [2.05, 4.69) is 16.3 Å². The Morgan fingerprint density at radius 1 is 1.06 bits per heavy atom. The van der Waals surface area contributed by atoms with E-state index in [9.17, 15) is 9.59 Å². The maximum absolute atomic E-state index is 13.4. The Balaban J connectivity index is 1.63. The van der Waals surface area contributed by atoms with Gasteiger partial charge in [0, 0.05) is 43.3 Å². The van der Waals surface area contributed by atoms with E-state index < -0.39 is 6.04 Å². The number of carbonyl (C=O) groups excluding carboxylic acids is 2. The van der Waals surface area contributed by atoms with Gasteiger partial charge in [0.05, 0.1) is 11.6 Å². The third-order valence-electron chi connectivity index (χ3n) is 6.26. The fourth-order valence-corrected chi connectivity index (χ4v) is 4.12. The normalized spacial score (nSPS) is 16.4. The molecule has 3 rings (SSSR count). The molecule has 1 aliphatic rings. The average Bonchev–Trinajstić information content (AvgIpc) is 3.08. The number of rotatable bonds is 7. The predicted molar refractivity (Wildman–Crippen MR) is 130 cm³/mol. The van der Waals surface area contributed by atoms with Crippen LogP contribution in [0, 0.1) is 17.2 Å². The fourth-order valence-electron chi connectivity index (χ4n) is 4.00. The summed E-state index contributed by atoms with van der Waals surface area (Å²) in [5.74, 6) is -0.263. The first kappa shape index (κ1) is 24.8. The van der Waals surface area contributed by atoms with E-state index in [1.807, 2.05) is 43.0 Å². The van der Waals surface area contributed by atoms with E-state index in [1.54, 1.807) is 24.3 Å². The van der Waals surface area contributed by atoms with Crippen LogP contribution in [0.25, 0.3) is 0 Å². The molecule has 0 aliphatic carbocycles. The zero-order valence-corrected chi connectivity index (χ0v) is 20.0. The minimum Gasteiger partial charge on any atom is -0.340 e. The number of carbonyl (C=O) groups is 2. The highest BCUT2D eigenvalue weighted by atomic mass is 35.5. The van der Waals surface area contributed by atoms with Gasteiger partial charge in [0.15, 0.2) is 0 Å². The first-order valence-electron chi connectivity index (χ1n) is 11.5. The molecule has 0 spiro atoms. The molecule has 0 saturated carbocycles. The van der Waals surface area contributed by atoms with Crippen molar-refractivity contribution in [3.8, 4) is 6.07 Å². The van der Waals surface area contributed by atoms with Crippen LogP contribution in [0.1, 0.15) is 48.2 Å². The summed E-state index contributed by atoms with van der Waals surface area (Å²) in [5, 5.41) is 12.5. The molecular weight excluding hydrogens is 436 g/mol. The van der Waals surface area contributed by atoms with Gasteiger partial charge in [-0.05, 0) is 54.3 Å². The molecule has 33 heavy (non-hydrogen) atoms. The van der Waals surface area contributed by atoms with Crippen molar-refractivity contribution in [1.82, 2.24) is 15.1 Å². The molecule has 0 radical (unpaired) electrons. The van der Waals surface area contributed by atoms with Gasteiger partial charge in [0.2, 0.25) is 5.91 Å². The standard InChI is InChI=1S/C26H31ClN4O2/c1-3-19(2)24(29-25(32)22-9-11-23(27)12-10-22)26(33)31-14-4-13-30(15-16-31)18-21-7-5-20(17-28)6-8-21/h5-12,19,24H,3-4,13-16,18H2,1-2H3,(H,29,32). The number of nitrogens with one attached hydrogen (secondary N) is 1. The Bertz CT molecular complexity index is 985. The van der Waals surface area contributed by atoms with Crippen molar-refractivity contribution in [2.24, 2.45) is 5.92 Å². The lowest BCUT2D eigenvalue weighted by Gasteiger charge is -2.30. The molecular formula is C26H31ClN4O2. The van der Waals surface area contributed by atoms with Crippen LogP contribution < -0.4 is 5.32 Å². The van der Waals surface area contributed by atoms with Crippen molar-refractivity contribution in [3.63, 3.8) is 0 Å².